The number of carbonyl (C=O) groups is 1. The SMILES string of the molecule is CO/C=C(\Cc1cc(-c2ccccc2F)ccc1C)C(=O)O. The summed E-state index contributed by atoms with van der Waals surface area (Å²) in [6.45, 7) is 1.90. The number of benzene rings is 2. The molecule has 0 fully saturated rings. The number of methoxy groups -OCH3 is 1. The molecule has 3 nitrogen and oxygen atoms in total. The zero-order valence-electron chi connectivity index (χ0n) is 12.5. The molecule has 4 heteroatoms. The first-order valence-electron chi connectivity index (χ1n) is 6.82. The Hall–Kier alpha value is -2.62. The Morgan fingerprint density at radius 1 is 1.27 bits per heavy atom. The normalized spacial score (nSPS) is 11.3. The quantitative estimate of drug-likeness (QED) is 0.671. The molecule has 0 spiro atoms. The van der Waals surface area contributed by atoms with Crippen molar-refractivity contribution in [2.75, 3.05) is 7.11 Å². The Labute approximate surface area is 128 Å². The highest BCUT2D eigenvalue weighted by molar-refractivity contribution is 5.87. The van der Waals surface area contributed by atoms with Crippen molar-refractivity contribution in [2.45, 2.75) is 13.3 Å². The second-order valence-electron chi connectivity index (χ2n) is 4.98. The molecule has 22 heavy (non-hydrogen) atoms. The summed E-state index contributed by atoms with van der Waals surface area (Å²) in [5, 5.41) is 9.18. The maximum absolute atomic E-state index is 13.9. The van der Waals surface area contributed by atoms with E-state index < -0.39 is 5.97 Å². The van der Waals surface area contributed by atoms with Crippen LogP contribution in [0.5, 0.6) is 0 Å². The van der Waals surface area contributed by atoms with Crippen LogP contribution in [0.4, 0.5) is 4.39 Å². The lowest BCUT2D eigenvalue weighted by Crippen LogP contribution is -2.05. The molecule has 0 aliphatic rings. The topological polar surface area (TPSA) is 46.5 Å². The van der Waals surface area contributed by atoms with Gasteiger partial charge in [0.15, 0.2) is 0 Å². The first kappa shape index (κ1) is 15.8. The van der Waals surface area contributed by atoms with Crippen molar-refractivity contribution < 1.29 is 19.0 Å². The van der Waals surface area contributed by atoms with Gasteiger partial charge in [0.2, 0.25) is 0 Å². The van der Waals surface area contributed by atoms with E-state index in [1.54, 1.807) is 18.2 Å². The molecular formula is C18H17FO3. The zero-order valence-corrected chi connectivity index (χ0v) is 12.5. The Balaban J connectivity index is 2.42. The van der Waals surface area contributed by atoms with Crippen molar-refractivity contribution in [1.29, 1.82) is 0 Å². The predicted molar refractivity (Wildman–Crippen MR) is 83.0 cm³/mol. The fourth-order valence-electron chi connectivity index (χ4n) is 2.24. The van der Waals surface area contributed by atoms with Gasteiger partial charge in [-0.25, -0.2) is 9.18 Å². The summed E-state index contributed by atoms with van der Waals surface area (Å²) >= 11 is 0. The second-order valence-corrected chi connectivity index (χ2v) is 4.98. The highest BCUT2D eigenvalue weighted by atomic mass is 19.1. The van der Waals surface area contributed by atoms with Crippen molar-refractivity contribution in [3.63, 3.8) is 0 Å². The molecule has 0 amide bonds. The minimum atomic E-state index is -1.03. The molecule has 2 aromatic carbocycles. The fraction of sp³-hybridized carbons (Fsp3) is 0.167. The Morgan fingerprint density at radius 3 is 2.64 bits per heavy atom. The molecule has 0 aliphatic carbocycles. The van der Waals surface area contributed by atoms with Crippen LogP contribution < -0.4 is 0 Å². The number of aliphatic carboxylic acids is 1. The molecule has 0 saturated heterocycles. The standard InChI is InChI=1S/C18H17FO3/c1-12-7-8-13(16-5-3-4-6-17(16)19)9-14(12)10-15(11-22-2)18(20)21/h3-9,11H,10H2,1-2H3,(H,20,21)/b15-11+. The number of hydrogen-bond donors (Lipinski definition) is 1. The van der Waals surface area contributed by atoms with E-state index >= 15 is 0 Å². The van der Waals surface area contributed by atoms with Crippen LogP contribution in [0.2, 0.25) is 0 Å². The van der Waals surface area contributed by atoms with E-state index in [4.69, 9.17) is 4.74 Å². The molecule has 0 radical (unpaired) electrons. The monoisotopic (exact) mass is 300 g/mol. The fourth-order valence-corrected chi connectivity index (χ4v) is 2.24. The Bertz CT molecular complexity index is 720. The van der Waals surface area contributed by atoms with Crippen LogP contribution in [0.15, 0.2) is 54.3 Å². The lowest BCUT2D eigenvalue weighted by atomic mass is 9.95. The summed E-state index contributed by atoms with van der Waals surface area (Å²) in [6, 6.07) is 12.0. The third-order valence-electron chi connectivity index (χ3n) is 3.45. The van der Waals surface area contributed by atoms with Crippen LogP contribution in [-0.4, -0.2) is 18.2 Å². The van der Waals surface area contributed by atoms with Crippen molar-refractivity contribution in [3.8, 4) is 11.1 Å². The van der Waals surface area contributed by atoms with Gasteiger partial charge in [-0.05, 0) is 29.7 Å². The molecule has 0 bridgehead atoms. The minimum Gasteiger partial charge on any atom is -0.504 e. The highest BCUT2D eigenvalue weighted by Crippen LogP contribution is 2.26. The number of hydrogen-bond acceptors (Lipinski definition) is 2. The summed E-state index contributed by atoms with van der Waals surface area (Å²) in [5.41, 5.74) is 3.14. The summed E-state index contributed by atoms with van der Waals surface area (Å²) in [4.78, 5) is 11.2. The van der Waals surface area contributed by atoms with E-state index in [9.17, 15) is 14.3 Å². The van der Waals surface area contributed by atoms with Gasteiger partial charge in [-0.1, -0.05) is 36.4 Å². The van der Waals surface area contributed by atoms with Gasteiger partial charge >= 0.3 is 5.97 Å². The number of aryl methyl sites for hydroxylation is 1. The molecular weight excluding hydrogens is 283 g/mol. The van der Waals surface area contributed by atoms with E-state index in [0.29, 0.717) is 5.56 Å². The van der Waals surface area contributed by atoms with Gasteiger partial charge in [0.25, 0.3) is 0 Å². The van der Waals surface area contributed by atoms with Crippen molar-refractivity contribution in [3.05, 3.63) is 71.2 Å². The lowest BCUT2D eigenvalue weighted by molar-refractivity contribution is -0.132. The van der Waals surface area contributed by atoms with Gasteiger partial charge in [-0.15, -0.1) is 0 Å². The van der Waals surface area contributed by atoms with Crippen LogP contribution in [-0.2, 0) is 16.0 Å². The summed E-state index contributed by atoms with van der Waals surface area (Å²) in [5.74, 6) is -1.33. The molecule has 0 saturated carbocycles. The highest BCUT2D eigenvalue weighted by Gasteiger charge is 2.12. The third kappa shape index (κ3) is 3.52. The van der Waals surface area contributed by atoms with Gasteiger partial charge in [0.1, 0.15) is 5.82 Å². The number of rotatable bonds is 5. The first-order valence-corrected chi connectivity index (χ1v) is 6.82. The van der Waals surface area contributed by atoms with E-state index in [1.165, 1.54) is 19.4 Å². The molecule has 0 aliphatic heterocycles. The van der Waals surface area contributed by atoms with Gasteiger partial charge in [0.05, 0.1) is 18.9 Å². The van der Waals surface area contributed by atoms with E-state index in [1.807, 2.05) is 25.1 Å². The van der Waals surface area contributed by atoms with Crippen LogP contribution in [0.3, 0.4) is 0 Å². The van der Waals surface area contributed by atoms with E-state index in [-0.39, 0.29) is 17.8 Å². The molecule has 2 aromatic rings. The maximum atomic E-state index is 13.9. The van der Waals surface area contributed by atoms with Gasteiger partial charge in [0, 0.05) is 12.0 Å². The van der Waals surface area contributed by atoms with Crippen molar-refractivity contribution in [2.24, 2.45) is 0 Å². The first-order chi connectivity index (χ1) is 10.5. The van der Waals surface area contributed by atoms with Crippen molar-refractivity contribution >= 4 is 5.97 Å². The number of carboxylic acid groups (broad SMARTS) is 1. The molecule has 1 N–H and O–H groups in total. The Morgan fingerprint density at radius 2 is 2.00 bits per heavy atom. The average molecular weight is 300 g/mol. The van der Waals surface area contributed by atoms with Crippen LogP contribution in [0, 0.1) is 12.7 Å². The van der Waals surface area contributed by atoms with Crippen molar-refractivity contribution in [1.82, 2.24) is 0 Å². The van der Waals surface area contributed by atoms with Crippen LogP contribution in [0.1, 0.15) is 11.1 Å². The van der Waals surface area contributed by atoms with Gasteiger partial charge in [-0.3, -0.25) is 0 Å². The van der Waals surface area contributed by atoms with Gasteiger partial charge in [-0.2, -0.15) is 0 Å². The molecule has 0 unspecified atom stereocenters. The van der Waals surface area contributed by atoms with Crippen LogP contribution in [0.25, 0.3) is 11.1 Å². The smallest absolute Gasteiger partial charge is 0.335 e. The number of carboxylic acids is 1. The summed E-state index contributed by atoms with van der Waals surface area (Å²) in [7, 11) is 1.41. The average Bonchev–Trinajstić information content (AvgIpc) is 2.49. The number of halogens is 1. The largest absolute Gasteiger partial charge is 0.504 e. The molecule has 0 atom stereocenters. The Kier molecular flexibility index (Phi) is 4.94. The third-order valence-corrected chi connectivity index (χ3v) is 3.45. The van der Waals surface area contributed by atoms with E-state index in [0.717, 1.165) is 16.7 Å². The maximum Gasteiger partial charge on any atom is 0.335 e. The summed E-state index contributed by atoms with van der Waals surface area (Å²) < 4.78 is 18.7. The molecule has 0 aromatic heterocycles. The molecule has 2 rings (SSSR count). The molecule has 0 heterocycles. The number of ether oxygens (including phenoxy) is 1. The minimum absolute atomic E-state index is 0.149. The van der Waals surface area contributed by atoms with Crippen LogP contribution >= 0.6 is 0 Å². The lowest BCUT2D eigenvalue weighted by Gasteiger charge is -2.10. The zero-order chi connectivity index (χ0) is 16.1. The van der Waals surface area contributed by atoms with Gasteiger partial charge < -0.3 is 9.84 Å². The molecule has 114 valence electrons. The predicted octanol–water partition coefficient (Wildman–Crippen LogP) is 3.96. The second kappa shape index (κ2) is 6.89. The van der Waals surface area contributed by atoms with E-state index in [2.05, 4.69) is 0 Å². The summed E-state index contributed by atoms with van der Waals surface area (Å²) in [6.07, 6.45) is 1.44.